The number of benzene rings is 1. The predicted molar refractivity (Wildman–Crippen MR) is 62.9 cm³/mol. The van der Waals surface area contributed by atoms with E-state index in [1.165, 1.54) is 0 Å². The Morgan fingerprint density at radius 3 is 2.23 bits per heavy atom. The van der Waals surface area contributed by atoms with Crippen molar-refractivity contribution in [2.24, 2.45) is 0 Å². The molecule has 1 aromatic carbocycles. The average molecular weight is 323 g/mol. The second kappa shape index (κ2) is 4.59. The topological polar surface area (TPSA) is 0 Å². The number of hydrogen-bond acceptors (Lipinski definition) is 0. The molecule has 72 valence electrons. The van der Waals surface area contributed by atoms with Gasteiger partial charge < -0.3 is 0 Å². The summed E-state index contributed by atoms with van der Waals surface area (Å²) in [5.74, 6) is 0.443. The van der Waals surface area contributed by atoms with Crippen molar-refractivity contribution in [3.63, 3.8) is 0 Å². The zero-order valence-electron chi connectivity index (χ0n) is 6.33. The zero-order valence-corrected chi connectivity index (χ0v) is 10.9. The minimum Gasteiger partial charge on any atom is -0.122 e. The lowest BCUT2D eigenvalue weighted by molar-refractivity contribution is 1.20. The SMILES string of the molecule is ClCc1ccc(C(Cl)(Cl)Cl)c(Br)c1. The molecule has 0 aliphatic heterocycles. The van der Waals surface area contributed by atoms with E-state index in [4.69, 9.17) is 46.4 Å². The largest absolute Gasteiger partial charge is 0.217 e. The fraction of sp³-hybridized carbons (Fsp3) is 0.250. The first-order valence-electron chi connectivity index (χ1n) is 3.36. The summed E-state index contributed by atoms with van der Waals surface area (Å²) in [6.07, 6.45) is 0. The number of hydrogen-bond donors (Lipinski definition) is 0. The second-order valence-corrected chi connectivity index (χ2v) is 5.85. The summed E-state index contributed by atoms with van der Waals surface area (Å²) in [5, 5.41) is 0. The molecule has 0 unspecified atom stereocenters. The maximum atomic E-state index is 5.73. The summed E-state index contributed by atoms with van der Waals surface area (Å²) in [7, 11) is 0. The molecule has 0 atom stereocenters. The smallest absolute Gasteiger partial charge is 0.122 e. The predicted octanol–water partition coefficient (Wildman–Crippen LogP) is 5.01. The van der Waals surface area contributed by atoms with Crippen LogP contribution in [0.1, 0.15) is 11.1 Å². The van der Waals surface area contributed by atoms with Gasteiger partial charge in [0.15, 0.2) is 0 Å². The minimum atomic E-state index is -1.40. The van der Waals surface area contributed by atoms with Gasteiger partial charge in [0.25, 0.3) is 0 Å². The monoisotopic (exact) mass is 320 g/mol. The molecule has 1 aromatic rings. The molecule has 0 aliphatic rings. The van der Waals surface area contributed by atoms with E-state index in [1.54, 1.807) is 6.07 Å². The van der Waals surface area contributed by atoms with E-state index in [-0.39, 0.29) is 0 Å². The first-order valence-corrected chi connectivity index (χ1v) is 5.83. The first-order chi connectivity index (χ1) is 5.95. The molecule has 0 radical (unpaired) electrons. The Morgan fingerprint density at radius 1 is 1.23 bits per heavy atom. The van der Waals surface area contributed by atoms with Gasteiger partial charge in [-0.15, -0.1) is 11.6 Å². The highest BCUT2D eigenvalue weighted by Crippen LogP contribution is 2.42. The van der Waals surface area contributed by atoms with Crippen molar-refractivity contribution in [3.8, 4) is 0 Å². The third-order valence-corrected chi connectivity index (χ3v) is 3.07. The Hall–Kier alpha value is 0.860. The normalized spacial score (nSPS) is 11.8. The van der Waals surface area contributed by atoms with Crippen molar-refractivity contribution in [3.05, 3.63) is 33.8 Å². The number of rotatable bonds is 1. The van der Waals surface area contributed by atoms with Gasteiger partial charge in [-0.1, -0.05) is 62.9 Å². The average Bonchev–Trinajstić information content (AvgIpc) is 2.01. The molecule has 0 bridgehead atoms. The fourth-order valence-corrected chi connectivity index (χ4v) is 2.60. The summed E-state index contributed by atoms with van der Waals surface area (Å²) >= 11 is 26.1. The van der Waals surface area contributed by atoms with Crippen molar-refractivity contribution in [2.75, 3.05) is 0 Å². The summed E-state index contributed by atoms with van der Waals surface area (Å²) in [5.41, 5.74) is 1.60. The quantitative estimate of drug-likeness (QED) is 0.637. The van der Waals surface area contributed by atoms with Crippen LogP contribution in [0, 0.1) is 0 Å². The second-order valence-electron chi connectivity index (χ2n) is 2.45. The number of halogens is 5. The number of alkyl halides is 4. The Balaban J connectivity index is 3.13. The molecule has 0 fully saturated rings. The summed E-state index contributed by atoms with van der Waals surface area (Å²) in [4.78, 5) is 0. The molecule has 5 heteroatoms. The van der Waals surface area contributed by atoms with Crippen LogP contribution in [-0.2, 0) is 9.67 Å². The molecular formula is C8H5BrCl4. The van der Waals surface area contributed by atoms with Gasteiger partial charge in [-0.3, -0.25) is 0 Å². The highest BCUT2D eigenvalue weighted by molar-refractivity contribution is 9.10. The molecule has 0 saturated carbocycles. The van der Waals surface area contributed by atoms with Gasteiger partial charge in [-0.25, -0.2) is 0 Å². The summed E-state index contributed by atoms with van der Waals surface area (Å²) in [6, 6.07) is 5.41. The Kier molecular flexibility index (Phi) is 4.21. The highest BCUT2D eigenvalue weighted by Gasteiger charge is 2.25. The molecule has 0 heterocycles. The molecule has 0 nitrogen and oxygen atoms in total. The van der Waals surface area contributed by atoms with E-state index in [9.17, 15) is 0 Å². The maximum Gasteiger partial charge on any atom is 0.217 e. The van der Waals surface area contributed by atoms with Crippen LogP contribution in [0.2, 0.25) is 0 Å². The lowest BCUT2D eigenvalue weighted by Crippen LogP contribution is -2.01. The van der Waals surface area contributed by atoms with Gasteiger partial charge in [0.2, 0.25) is 3.79 Å². The van der Waals surface area contributed by atoms with Crippen LogP contribution >= 0.6 is 62.3 Å². The molecule has 0 amide bonds. The third kappa shape index (κ3) is 3.17. The van der Waals surface area contributed by atoms with Crippen LogP contribution in [-0.4, -0.2) is 0 Å². The van der Waals surface area contributed by atoms with Crippen LogP contribution in [0.4, 0.5) is 0 Å². The van der Waals surface area contributed by atoms with Gasteiger partial charge in [-0.2, -0.15) is 0 Å². The molecule has 0 N–H and O–H groups in total. The third-order valence-electron chi connectivity index (χ3n) is 1.49. The summed E-state index contributed by atoms with van der Waals surface area (Å²) < 4.78 is -0.644. The van der Waals surface area contributed by atoms with E-state index in [2.05, 4.69) is 15.9 Å². The molecule has 0 aliphatic carbocycles. The van der Waals surface area contributed by atoms with E-state index < -0.39 is 3.79 Å². The van der Waals surface area contributed by atoms with E-state index in [0.717, 1.165) is 10.0 Å². The van der Waals surface area contributed by atoms with Gasteiger partial charge in [0.1, 0.15) is 0 Å². The summed E-state index contributed by atoms with van der Waals surface area (Å²) in [6.45, 7) is 0. The van der Waals surface area contributed by atoms with Gasteiger partial charge in [-0.05, 0) is 11.6 Å². The molecule has 1 rings (SSSR count). The van der Waals surface area contributed by atoms with Gasteiger partial charge in [0, 0.05) is 15.9 Å². The van der Waals surface area contributed by atoms with Crippen molar-refractivity contribution in [1.82, 2.24) is 0 Å². The molecule has 13 heavy (non-hydrogen) atoms. The van der Waals surface area contributed by atoms with Crippen molar-refractivity contribution in [2.45, 2.75) is 9.67 Å². The van der Waals surface area contributed by atoms with Gasteiger partial charge in [0.05, 0.1) is 0 Å². The molecule has 0 saturated heterocycles. The lowest BCUT2D eigenvalue weighted by atomic mass is 10.2. The van der Waals surface area contributed by atoms with Crippen molar-refractivity contribution < 1.29 is 0 Å². The minimum absolute atomic E-state index is 0.443. The molecular weight excluding hydrogens is 318 g/mol. The van der Waals surface area contributed by atoms with Crippen molar-refractivity contribution >= 4 is 62.3 Å². The van der Waals surface area contributed by atoms with E-state index >= 15 is 0 Å². The molecule has 0 spiro atoms. The highest BCUT2D eigenvalue weighted by atomic mass is 79.9. The Morgan fingerprint density at radius 2 is 1.85 bits per heavy atom. The van der Waals surface area contributed by atoms with Crippen LogP contribution in [0.5, 0.6) is 0 Å². The Labute approximate surface area is 105 Å². The lowest BCUT2D eigenvalue weighted by Gasteiger charge is -2.13. The van der Waals surface area contributed by atoms with E-state index in [0.29, 0.717) is 11.4 Å². The fourth-order valence-electron chi connectivity index (χ4n) is 0.872. The first kappa shape index (κ1) is 11.9. The Bertz CT molecular complexity index is 306. The van der Waals surface area contributed by atoms with Crippen LogP contribution in [0.3, 0.4) is 0 Å². The van der Waals surface area contributed by atoms with Crippen LogP contribution < -0.4 is 0 Å². The standard InChI is InChI=1S/C8H5BrCl4/c9-7-3-5(4-10)1-2-6(7)8(11,12)13/h1-3H,4H2. The van der Waals surface area contributed by atoms with E-state index in [1.807, 2.05) is 12.1 Å². The van der Waals surface area contributed by atoms with Crippen molar-refractivity contribution in [1.29, 1.82) is 0 Å². The maximum absolute atomic E-state index is 5.73. The van der Waals surface area contributed by atoms with Gasteiger partial charge >= 0.3 is 0 Å². The zero-order chi connectivity index (χ0) is 10.1. The molecule has 0 aromatic heterocycles. The van der Waals surface area contributed by atoms with Crippen LogP contribution in [0.25, 0.3) is 0 Å². The van der Waals surface area contributed by atoms with Crippen LogP contribution in [0.15, 0.2) is 22.7 Å².